The van der Waals surface area contributed by atoms with Crippen molar-refractivity contribution in [2.24, 2.45) is 4.99 Å². The monoisotopic (exact) mass is 200 g/mol. The fraction of sp³-hybridized carbons (Fsp3) is 0.750. The second-order valence-electron chi connectivity index (χ2n) is 1.48. The van der Waals surface area contributed by atoms with Crippen molar-refractivity contribution in [3.8, 4) is 0 Å². The largest absolute Gasteiger partial charge is 0.482 e. The number of aliphatic imine (C=N–C) groups is 1. The summed E-state index contributed by atoms with van der Waals surface area (Å²) in [6.07, 6.45) is 1.49. The molecule has 0 aromatic heterocycles. The molecule has 0 aromatic carbocycles. The van der Waals surface area contributed by atoms with E-state index >= 15 is 0 Å². The molecule has 0 bridgehead atoms. The molecule has 1 rings (SSSR count). The van der Waals surface area contributed by atoms with E-state index in [9.17, 15) is 8.42 Å². The second-order valence-corrected chi connectivity index (χ2v) is 2.67. The molecule has 0 saturated heterocycles. The SMILES string of the molecule is C1=NCCO1.COS(=O)(=O)O.N. The summed E-state index contributed by atoms with van der Waals surface area (Å²) in [7, 11) is -3.29. The molecule has 0 spiro atoms. The van der Waals surface area contributed by atoms with E-state index in [2.05, 4.69) is 13.9 Å². The van der Waals surface area contributed by atoms with E-state index in [4.69, 9.17) is 4.55 Å². The van der Waals surface area contributed by atoms with Gasteiger partial charge in [-0.2, -0.15) is 8.42 Å². The summed E-state index contributed by atoms with van der Waals surface area (Å²) in [6, 6.07) is 0. The molecule has 0 saturated carbocycles. The van der Waals surface area contributed by atoms with Crippen LogP contribution in [-0.4, -0.2) is 39.6 Å². The van der Waals surface area contributed by atoms with Gasteiger partial charge in [-0.3, -0.25) is 13.7 Å². The molecule has 1 heterocycles. The van der Waals surface area contributed by atoms with E-state index in [0.717, 1.165) is 20.3 Å². The Balaban J connectivity index is 0. The topological polar surface area (TPSA) is 120 Å². The minimum absolute atomic E-state index is 0. The van der Waals surface area contributed by atoms with E-state index < -0.39 is 10.4 Å². The van der Waals surface area contributed by atoms with Crippen molar-refractivity contribution < 1.29 is 21.9 Å². The third-order valence-corrected chi connectivity index (χ3v) is 1.12. The zero-order valence-electron chi connectivity index (χ0n) is 6.63. The average Bonchev–Trinajstić information content (AvgIpc) is 2.41. The Hall–Kier alpha value is -0.700. The quantitative estimate of drug-likeness (QED) is 0.558. The van der Waals surface area contributed by atoms with Gasteiger partial charge in [-0.15, -0.1) is 0 Å². The van der Waals surface area contributed by atoms with Crippen molar-refractivity contribution in [2.75, 3.05) is 20.3 Å². The molecule has 7 nitrogen and oxygen atoms in total. The lowest BCUT2D eigenvalue weighted by atomic mass is 10.8. The highest BCUT2D eigenvalue weighted by Crippen LogP contribution is 1.78. The lowest BCUT2D eigenvalue weighted by Crippen LogP contribution is -1.96. The molecule has 12 heavy (non-hydrogen) atoms. The molecule has 1 aliphatic rings. The van der Waals surface area contributed by atoms with E-state index in [1.807, 2.05) is 0 Å². The highest BCUT2D eigenvalue weighted by atomic mass is 32.3. The van der Waals surface area contributed by atoms with Crippen LogP contribution < -0.4 is 6.15 Å². The fourth-order valence-electron chi connectivity index (χ4n) is 0.264. The number of hydrogen-bond donors (Lipinski definition) is 2. The zero-order valence-corrected chi connectivity index (χ0v) is 7.45. The zero-order chi connectivity index (χ0) is 8.74. The van der Waals surface area contributed by atoms with Gasteiger partial charge in [-0.25, -0.2) is 0 Å². The van der Waals surface area contributed by atoms with E-state index in [1.165, 1.54) is 6.40 Å². The van der Waals surface area contributed by atoms with Crippen molar-refractivity contribution in [2.45, 2.75) is 0 Å². The van der Waals surface area contributed by atoms with Gasteiger partial charge >= 0.3 is 10.4 Å². The summed E-state index contributed by atoms with van der Waals surface area (Å²) >= 11 is 0. The Morgan fingerprint density at radius 1 is 1.67 bits per heavy atom. The van der Waals surface area contributed by atoms with Crippen LogP contribution >= 0.6 is 0 Å². The first-order chi connectivity index (χ1) is 5.06. The molecular weight excluding hydrogens is 188 g/mol. The second kappa shape index (κ2) is 6.98. The number of rotatable bonds is 1. The molecule has 0 atom stereocenters. The molecule has 0 fully saturated rings. The van der Waals surface area contributed by atoms with Crippen LogP contribution in [0.3, 0.4) is 0 Å². The Bertz CT molecular complexity index is 205. The molecule has 8 heteroatoms. The van der Waals surface area contributed by atoms with E-state index in [0.29, 0.717) is 0 Å². The molecule has 74 valence electrons. The van der Waals surface area contributed by atoms with Gasteiger partial charge in [0.05, 0.1) is 13.7 Å². The van der Waals surface area contributed by atoms with Crippen molar-refractivity contribution in [3.05, 3.63) is 0 Å². The highest BCUT2D eigenvalue weighted by Gasteiger charge is 1.94. The Morgan fingerprint density at radius 2 is 2.17 bits per heavy atom. The van der Waals surface area contributed by atoms with Gasteiger partial charge in [-0.1, -0.05) is 0 Å². The van der Waals surface area contributed by atoms with Gasteiger partial charge < -0.3 is 10.9 Å². The Labute approximate surface area is 70.9 Å². The lowest BCUT2D eigenvalue weighted by molar-refractivity contribution is 0.324. The van der Waals surface area contributed by atoms with E-state index in [-0.39, 0.29) is 6.15 Å². The predicted octanol–water partition coefficient (Wildman–Crippen LogP) is -0.357. The van der Waals surface area contributed by atoms with Crippen LogP contribution in [0.15, 0.2) is 4.99 Å². The van der Waals surface area contributed by atoms with Crippen LogP contribution in [0.1, 0.15) is 0 Å². The fourth-order valence-corrected chi connectivity index (χ4v) is 0.264. The van der Waals surface area contributed by atoms with E-state index in [1.54, 1.807) is 0 Å². The minimum Gasteiger partial charge on any atom is -0.482 e. The van der Waals surface area contributed by atoms with Gasteiger partial charge in [0.1, 0.15) is 6.61 Å². The maximum Gasteiger partial charge on any atom is 0.397 e. The maximum absolute atomic E-state index is 9.33. The molecule has 0 unspecified atom stereocenters. The molecular formula is C4H12N2O5S. The summed E-state index contributed by atoms with van der Waals surface area (Å²) in [5, 5.41) is 0. The van der Waals surface area contributed by atoms with Crippen LogP contribution in [-0.2, 0) is 19.3 Å². The normalized spacial score (nSPS) is 13.8. The minimum atomic E-state index is -4.16. The van der Waals surface area contributed by atoms with Gasteiger partial charge in [0, 0.05) is 0 Å². The van der Waals surface area contributed by atoms with Crippen LogP contribution in [0.5, 0.6) is 0 Å². The van der Waals surface area contributed by atoms with Gasteiger partial charge in [0.2, 0.25) is 0 Å². The molecule has 0 amide bonds. The van der Waals surface area contributed by atoms with Gasteiger partial charge in [0.25, 0.3) is 0 Å². The smallest absolute Gasteiger partial charge is 0.397 e. The van der Waals surface area contributed by atoms with Gasteiger partial charge in [0.15, 0.2) is 6.40 Å². The lowest BCUT2D eigenvalue weighted by Gasteiger charge is -1.82. The number of hydrogen-bond acceptors (Lipinski definition) is 6. The van der Waals surface area contributed by atoms with Crippen LogP contribution in [0.25, 0.3) is 0 Å². The Kier molecular flexibility index (Phi) is 8.06. The average molecular weight is 200 g/mol. The summed E-state index contributed by atoms with van der Waals surface area (Å²) in [5.74, 6) is 0. The first-order valence-corrected chi connectivity index (χ1v) is 4.05. The summed E-state index contributed by atoms with van der Waals surface area (Å²) in [4.78, 5) is 3.74. The highest BCUT2D eigenvalue weighted by molar-refractivity contribution is 7.80. The van der Waals surface area contributed by atoms with Crippen LogP contribution in [0.2, 0.25) is 0 Å². The number of ether oxygens (including phenoxy) is 1. The predicted molar refractivity (Wildman–Crippen MR) is 42.9 cm³/mol. The standard InChI is InChI=1S/C3H5NO.CH4O4S.H3N/c1-2-5-3-4-1;1-5-6(2,3)4;/h3H,1-2H2;1H3,(H,2,3,4);1H3. The molecule has 0 aliphatic carbocycles. The summed E-state index contributed by atoms with van der Waals surface area (Å²) < 4.78 is 34.4. The third-order valence-electron chi connectivity index (χ3n) is 0.698. The third kappa shape index (κ3) is 12.0. The van der Waals surface area contributed by atoms with Gasteiger partial charge in [-0.05, 0) is 0 Å². The molecule has 4 N–H and O–H groups in total. The first kappa shape index (κ1) is 13.9. The van der Waals surface area contributed by atoms with Crippen LogP contribution in [0.4, 0.5) is 0 Å². The Morgan fingerprint density at radius 3 is 2.25 bits per heavy atom. The summed E-state index contributed by atoms with van der Waals surface area (Å²) in [6.45, 7) is 1.62. The van der Waals surface area contributed by atoms with Crippen molar-refractivity contribution in [1.29, 1.82) is 0 Å². The molecule has 1 aliphatic heterocycles. The van der Waals surface area contributed by atoms with Crippen molar-refractivity contribution in [3.63, 3.8) is 0 Å². The molecule has 0 radical (unpaired) electrons. The van der Waals surface area contributed by atoms with Crippen LogP contribution in [0, 0.1) is 0 Å². The van der Waals surface area contributed by atoms with Crippen molar-refractivity contribution >= 4 is 16.8 Å². The number of nitrogens with zero attached hydrogens (tertiary/aromatic N) is 1. The summed E-state index contributed by atoms with van der Waals surface area (Å²) in [5.41, 5.74) is 0. The first-order valence-electron chi connectivity index (χ1n) is 2.69. The maximum atomic E-state index is 9.33. The molecule has 0 aromatic rings. The van der Waals surface area contributed by atoms with Crippen molar-refractivity contribution in [1.82, 2.24) is 6.15 Å².